The number of nitro groups is 1. The van der Waals surface area contributed by atoms with Gasteiger partial charge >= 0.3 is 6.18 Å². The van der Waals surface area contributed by atoms with Crippen molar-refractivity contribution in [1.29, 1.82) is 0 Å². The number of methoxy groups -OCH3 is 1. The number of nitro benzene ring substituents is 1. The number of carbonyl (C=O) groups excluding carboxylic acids is 1. The van der Waals surface area contributed by atoms with Crippen LogP contribution in [0, 0.1) is 10.1 Å². The Morgan fingerprint density at radius 1 is 1.25 bits per heavy atom. The zero-order valence-electron chi connectivity index (χ0n) is 19.0. The summed E-state index contributed by atoms with van der Waals surface area (Å²) in [5.74, 6) is -0.111. The Hall–Kier alpha value is -3.61. The monoisotopic (exact) mass is 568 g/mol. The molecule has 0 radical (unpaired) electrons. The number of carbonyl (C=O) groups is 1. The molecule has 9 nitrogen and oxygen atoms in total. The van der Waals surface area contributed by atoms with E-state index < -0.39 is 28.7 Å². The van der Waals surface area contributed by atoms with Gasteiger partial charge in [0.15, 0.2) is 17.2 Å². The molecule has 13 heteroatoms. The molecule has 0 bridgehead atoms. The lowest BCUT2D eigenvalue weighted by Gasteiger charge is -2.16. The molecule has 1 aliphatic carbocycles. The maximum Gasteiger partial charge on any atom is 0.436 e. The highest BCUT2D eigenvalue weighted by molar-refractivity contribution is 9.10. The van der Waals surface area contributed by atoms with Crippen LogP contribution in [0.25, 0.3) is 0 Å². The number of anilines is 1. The maximum absolute atomic E-state index is 13.4. The molecule has 1 unspecified atom stereocenters. The van der Waals surface area contributed by atoms with E-state index in [2.05, 4.69) is 26.3 Å². The molecule has 0 spiro atoms. The number of alkyl halides is 3. The molecule has 4 rings (SSSR count). The summed E-state index contributed by atoms with van der Waals surface area (Å²) in [6.07, 6.45) is -3.33. The SMILES string of the molecule is COc1ccccc1Oc1cc(NC(=O)C(C)n2nc(C(F)(F)F)c(Br)c2C2CC2)cc([N+](=O)[O-])c1. The molecule has 2 aromatic carbocycles. The van der Waals surface area contributed by atoms with E-state index in [1.54, 1.807) is 24.3 Å². The van der Waals surface area contributed by atoms with Gasteiger partial charge in [-0.25, -0.2) is 0 Å². The van der Waals surface area contributed by atoms with Crippen molar-refractivity contribution in [3.63, 3.8) is 0 Å². The molecular formula is C23H20BrF3N4O5. The number of ether oxygens (including phenoxy) is 2. The largest absolute Gasteiger partial charge is 0.493 e. The van der Waals surface area contributed by atoms with E-state index in [-0.39, 0.29) is 27.5 Å². The smallest absolute Gasteiger partial charge is 0.436 e. The van der Waals surface area contributed by atoms with Crippen LogP contribution in [-0.4, -0.2) is 27.7 Å². The van der Waals surface area contributed by atoms with Crippen LogP contribution in [0.2, 0.25) is 0 Å². The van der Waals surface area contributed by atoms with E-state index in [0.29, 0.717) is 30.0 Å². The van der Waals surface area contributed by atoms with E-state index in [9.17, 15) is 28.1 Å². The van der Waals surface area contributed by atoms with Gasteiger partial charge in [-0.05, 0) is 47.8 Å². The van der Waals surface area contributed by atoms with Crippen LogP contribution in [0.3, 0.4) is 0 Å². The Morgan fingerprint density at radius 2 is 1.92 bits per heavy atom. The molecule has 1 N–H and O–H groups in total. The Morgan fingerprint density at radius 3 is 2.50 bits per heavy atom. The molecule has 0 aliphatic heterocycles. The number of amides is 1. The van der Waals surface area contributed by atoms with E-state index in [0.717, 1.165) is 10.7 Å². The molecule has 1 fully saturated rings. The lowest BCUT2D eigenvalue weighted by atomic mass is 10.2. The van der Waals surface area contributed by atoms with Gasteiger partial charge < -0.3 is 14.8 Å². The maximum atomic E-state index is 13.4. The second-order valence-electron chi connectivity index (χ2n) is 8.16. The first-order valence-electron chi connectivity index (χ1n) is 10.8. The van der Waals surface area contributed by atoms with Crippen molar-refractivity contribution in [2.24, 2.45) is 0 Å². The Kier molecular flexibility index (Phi) is 6.94. The van der Waals surface area contributed by atoms with Crippen molar-refractivity contribution in [2.75, 3.05) is 12.4 Å². The van der Waals surface area contributed by atoms with Crippen molar-refractivity contribution >= 4 is 33.2 Å². The normalized spacial score (nSPS) is 14.3. The second-order valence-corrected chi connectivity index (χ2v) is 8.95. The highest BCUT2D eigenvalue weighted by atomic mass is 79.9. The summed E-state index contributed by atoms with van der Waals surface area (Å²) in [6, 6.07) is 9.20. The fourth-order valence-corrected chi connectivity index (χ4v) is 4.44. The third-order valence-electron chi connectivity index (χ3n) is 5.53. The predicted molar refractivity (Wildman–Crippen MR) is 126 cm³/mol. The summed E-state index contributed by atoms with van der Waals surface area (Å²) >= 11 is 3.00. The van der Waals surface area contributed by atoms with Gasteiger partial charge in [0, 0.05) is 18.1 Å². The highest BCUT2D eigenvalue weighted by Gasteiger charge is 2.43. The fourth-order valence-electron chi connectivity index (χ4n) is 3.63. The molecule has 1 aliphatic rings. The van der Waals surface area contributed by atoms with E-state index in [1.165, 1.54) is 26.2 Å². The molecule has 3 aromatic rings. The minimum Gasteiger partial charge on any atom is -0.493 e. The average molecular weight is 569 g/mol. The van der Waals surface area contributed by atoms with Crippen LogP contribution >= 0.6 is 15.9 Å². The van der Waals surface area contributed by atoms with Crippen molar-refractivity contribution < 1.29 is 32.4 Å². The number of nitrogens with one attached hydrogen (secondary N) is 1. The van der Waals surface area contributed by atoms with Crippen LogP contribution in [0.5, 0.6) is 17.2 Å². The fraction of sp³-hybridized carbons (Fsp3) is 0.304. The van der Waals surface area contributed by atoms with Gasteiger partial charge in [-0.15, -0.1) is 0 Å². The Balaban J connectivity index is 1.63. The van der Waals surface area contributed by atoms with Gasteiger partial charge in [0.05, 0.1) is 34.0 Å². The number of para-hydroxylation sites is 2. The van der Waals surface area contributed by atoms with Crippen molar-refractivity contribution in [2.45, 2.75) is 37.9 Å². The standard InChI is InChI=1S/C23H20BrF3N4O5/c1-12(30-20(13-7-8-13)19(24)21(29-30)23(25,26)27)22(32)28-14-9-15(31(33)34)11-16(10-14)36-18-6-4-3-5-17(18)35-2/h3-6,9-13H,7-8H2,1-2H3,(H,28,32). The molecule has 1 aromatic heterocycles. The molecule has 1 amide bonds. The number of benzene rings is 2. The van der Waals surface area contributed by atoms with E-state index in [4.69, 9.17) is 9.47 Å². The molecule has 1 heterocycles. The first kappa shape index (κ1) is 25.5. The lowest BCUT2D eigenvalue weighted by molar-refractivity contribution is -0.384. The number of hydrogen-bond donors (Lipinski definition) is 1. The van der Waals surface area contributed by atoms with Crippen LogP contribution in [0.15, 0.2) is 46.9 Å². The summed E-state index contributed by atoms with van der Waals surface area (Å²) in [5.41, 5.74) is -1.14. The topological polar surface area (TPSA) is 109 Å². The number of halogens is 4. The number of non-ortho nitro benzene ring substituents is 1. The van der Waals surface area contributed by atoms with E-state index >= 15 is 0 Å². The first-order valence-corrected chi connectivity index (χ1v) is 11.5. The third kappa shape index (κ3) is 5.30. The number of aromatic nitrogens is 2. The minimum atomic E-state index is -4.70. The first-order chi connectivity index (χ1) is 17.0. The second kappa shape index (κ2) is 9.80. The summed E-state index contributed by atoms with van der Waals surface area (Å²) in [4.78, 5) is 23.8. The Labute approximate surface area is 211 Å². The number of rotatable bonds is 8. The van der Waals surface area contributed by atoms with Crippen LogP contribution in [0.4, 0.5) is 24.5 Å². The lowest BCUT2D eigenvalue weighted by Crippen LogP contribution is -2.26. The van der Waals surface area contributed by atoms with Gasteiger partial charge in [-0.2, -0.15) is 18.3 Å². The van der Waals surface area contributed by atoms with Crippen molar-refractivity contribution in [3.8, 4) is 17.2 Å². The highest BCUT2D eigenvalue weighted by Crippen LogP contribution is 2.48. The molecule has 0 saturated heterocycles. The van der Waals surface area contributed by atoms with Crippen LogP contribution in [0.1, 0.15) is 43.1 Å². The van der Waals surface area contributed by atoms with Crippen LogP contribution < -0.4 is 14.8 Å². The van der Waals surface area contributed by atoms with Gasteiger partial charge in [-0.3, -0.25) is 19.6 Å². The summed E-state index contributed by atoms with van der Waals surface area (Å²) in [7, 11) is 1.44. The summed E-state index contributed by atoms with van der Waals surface area (Å²) < 4.78 is 52.2. The van der Waals surface area contributed by atoms with E-state index in [1.807, 2.05) is 0 Å². The molecular weight excluding hydrogens is 549 g/mol. The summed E-state index contributed by atoms with van der Waals surface area (Å²) in [5, 5.41) is 17.7. The Bertz CT molecular complexity index is 1320. The number of nitrogens with zero attached hydrogens (tertiary/aromatic N) is 3. The zero-order chi connectivity index (χ0) is 26.2. The zero-order valence-corrected chi connectivity index (χ0v) is 20.6. The number of hydrogen-bond acceptors (Lipinski definition) is 6. The van der Waals surface area contributed by atoms with Crippen LogP contribution in [-0.2, 0) is 11.0 Å². The van der Waals surface area contributed by atoms with Crippen molar-refractivity contribution in [3.05, 3.63) is 68.4 Å². The predicted octanol–water partition coefficient (Wildman–Crippen LogP) is 6.45. The minimum absolute atomic E-state index is 0.0289. The third-order valence-corrected chi connectivity index (χ3v) is 6.31. The molecule has 190 valence electrons. The van der Waals surface area contributed by atoms with Crippen molar-refractivity contribution in [1.82, 2.24) is 9.78 Å². The molecule has 36 heavy (non-hydrogen) atoms. The van der Waals surface area contributed by atoms with Gasteiger partial charge in [0.1, 0.15) is 11.8 Å². The quantitative estimate of drug-likeness (QED) is 0.247. The molecule has 1 atom stereocenters. The van der Waals surface area contributed by atoms with Gasteiger partial charge in [0.25, 0.3) is 5.69 Å². The molecule has 1 saturated carbocycles. The summed E-state index contributed by atoms with van der Waals surface area (Å²) in [6.45, 7) is 1.41. The van der Waals surface area contributed by atoms with Gasteiger partial charge in [0.2, 0.25) is 5.91 Å². The average Bonchev–Trinajstić information content (AvgIpc) is 3.59. The van der Waals surface area contributed by atoms with Gasteiger partial charge in [-0.1, -0.05) is 12.1 Å².